The van der Waals surface area contributed by atoms with Crippen LogP contribution in [-0.4, -0.2) is 30.1 Å². The molecule has 2 N–H and O–H groups in total. The van der Waals surface area contributed by atoms with E-state index in [0.717, 1.165) is 12.5 Å². The average molecular weight is 198 g/mol. The Hall–Kier alpha value is -0.0800. The predicted octanol–water partition coefficient (Wildman–Crippen LogP) is 2.38. The second kappa shape index (κ2) is 6.41. The first kappa shape index (κ1) is 12.0. The van der Waals surface area contributed by atoms with E-state index in [4.69, 9.17) is 5.73 Å². The van der Waals surface area contributed by atoms with E-state index in [9.17, 15) is 0 Å². The molecule has 0 aliphatic carbocycles. The number of nitrogens with zero attached hydrogens (tertiary/aromatic N) is 1. The van der Waals surface area contributed by atoms with Crippen molar-refractivity contribution in [3.05, 3.63) is 0 Å². The number of rotatable bonds is 4. The third kappa shape index (κ3) is 3.97. The fourth-order valence-corrected chi connectivity index (χ4v) is 2.20. The smallest absolute Gasteiger partial charge is 0.00669 e. The maximum atomic E-state index is 5.95. The molecule has 2 nitrogen and oxygen atoms in total. The molecule has 0 amide bonds. The van der Waals surface area contributed by atoms with Gasteiger partial charge in [-0.05, 0) is 45.7 Å². The molecule has 0 bridgehead atoms. The van der Waals surface area contributed by atoms with Crippen molar-refractivity contribution in [2.45, 2.75) is 64.5 Å². The lowest BCUT2D eigenvalue weighted by Crippen LogP contribution is -2.36. The molecule has 1 heterocycles. The van der Waals surface area contributed by atoms with Gasteiger partial charge in [0.15, 0.2) is 0 Å². The highest BCUT2D eigenvalue weighted by Crippen LogP contribution is 2.16. The minimum absolute atomic E-state index is 0.408. The highest BCUT2D eigenvalue weighted by molar-refractivity contribution is 4.73. The van der Waals surface area contributed by atoms with E-state index in [1.165, 1.54) is 45.2 Å². The number of hydrogen-bond acceptors (Lipinski definition) is 2. The number of likely N-dealkylation sites (tertiary alicyclic amines) is 1. The second-order valence-corrected chi connectivity index (χ2v) is 4.69. The summed E-state index contributed by atoms with van der Waals surface area (Å²) in [7, 11) is 0. The lowest BCUT2D eigenvalue weighted by molar-refractivity contribution is 0.205. The van der Waals surface area contributed by atoms with Crippen molar-refractivity contribution in [3.8, 4) is 0 Å². The molecule has 0 aromatic heterocycles. The Labute approximate surface area is 88.8 Å². The largest absolute Gasteiger partial charge is 0.328 e. The van der Waals surface area contributed by atoms with Crippen LogP contribution in [0.25, 0.3) is 0 Å². The Morgan fingerprint density at radius 1 is 1.36 bits per heavy atom. The van der Waals surface area contributed by atoms with Gasteiger partial charge >= 0.3 is 0 Å². The molecule has 2 unspecified atom stereocenters. The van der Waals surface area contributed by atoms with Gasteiger partial charge < -0.3 is 10.6 Å². The molecular formula is C12H26N2. The number of nitrogens with two attached hydrogens (primary N) is 1. The molecule has 0 spiro atoms. The molecule has 1 aliphatic heterocycles. The van der Waals surface area contributed by atoms with Crippen molar-refractivity contribution in [2.75, 3.05) is 13.1 Å². The van der Waals surface area contributed by atoms with Gasteiger partial charge in [-0.3, -0.25) is 0 Å². The SMILES string of the molecule is CCC(N)CCN1CCCCCC1C. The Balaban J connectivity index is 2.26. The van der Waals surface area contributed by atoms with Crippen LogP contribution < -0.4 is 5.73 Å². The zero-order valence-electron chi connectivity index (χ0n) is 9.84. The molecule has 0 aromatic rings. The lowest BCUT2D eigenvalue weighted by Gasteiger charge is -2.27. The molecule has 84 valence electrons. The van der Waals surface area contributed by atoms with Crippen molar-refractivity contribution < 1.29 is 0 Å². The predicted molar refractivity (Wildman–Crippen MR) is 62.4 cm³/mol. The van der Waals surface area contributed by atoms with E-state index in [-0.39, 0.29) is 0 Å². The van der Waals surface area contributed by atoms with Crippen LogP contribution >= 0.6 is 0 Å². The zero-order valence-corrected chi connectivity index (χ0v) is 9.84. The van der Waals surface area contributed by atoms with Gasteiger partial charge in [-0.15, -0.1) is 0 Å². The van der Waals surface area contributed by atoms with Crippen LogP contribution in [0.15, 0.2) is 0 Å². The van der Waals surface area contributed by atoms with E-state index in [1.807, 2.05) is 0 Å². The Kier molecular flexibility index (Phi) is 5.49. The molecule has 0 radical (unpaired) electrons. The summed E-state index contributed by atoms with van der Waals surface area (Å²) < 4.78 is 0. The highest BCUT2D eigenvalue weighted by atomic mass is 15.1. The zero-order chi connectivity index (χ0) is 10.4. The minimum atomic E-state index is 0.408. The van der Waals surface area contributed by atoms with Crippen molar-refractivity contribution >= 4 is 0 Å². The van der Waals surface area contributed by atoms with E-state index in [2.05, 4.69) is 18.7 Å². The van der Waals surface area contributed by atoms with Crippen molar-refractivity contribution in [3.63, 3.8) is 0 Å². The Morgan fingerprint density at radius 2 is 2.14 bits per heavy atom. The van der Waals surface area contributed by atoms with Crippen molar-refractivity contribution in [1.29, 1.82) is 0 Å². The summed E-state index contributed by atoms with van der Waals surface area (Å²) in [5.41, 5.74) is 5.95. The summed E-state index contributed by atoms with van der Waals surface area (Å²) in [6, 6.07) is 1.19. The molecule has 1 aliphatic rings. The maximum absolute atomic E-state index is 5.95. The molecule has 1 rings (SSSR count). The van der Waals surface area contributed by atoms with Crippen molar-refractivity contribution in [1.82, 2.24) is 4.90 Å². The molecular weight excluding hydrogens is 172 g/mol. The van der Waals surface area contributed by atoms with E-state index in [0.29, 0.717) is 6.04 Å². The van der Waals surface area contributed by atoms with Gasteiger partial charge in [0, 0.05) is 12.1 Å². The quantitative estimate of drug-likeness (QED) is 0.751. The van der Waals surface area contributed by atoms with Crippen LogP contribution in [-0.2, 0) is 0 Å². The van der Waals surface area contributed by atoms with E-state index >= 15 is 0 Å². The van der Waals surface area contributed by atoms with Gasteiger partial charge in [-0.2, -0.15) is 0 Å². The maximum Gasteiger partial charge on any atom is 0.00669 e. The van der Waals surface area contributed by atoms with Gasteiger partial charge in [0.05, 0.1) is 0 Å². The second-order valence-electron chi connectivity index (χ2n) is 4.69. The normalized spacial score (nSPS) is 27.2. The van der Waals surface area contributed by atoms with Crippen LogP contribution in [0.2, 0.25) is 0 Å². The summed E-state index contributed by atoms with van der Waals surface area (Å²) in [5, 5.41) is 0. The van der Waals surface area contributed by atoms with E-state index < -0.39 is 0 Å². The molecule has 14 heavy (non-hydrogen) atoms. The fraction of sp³-hybridized carbons (Fsp3) is 1.00. The lowest BCUT2D eigenvalue weighted by atomic mass is 10.1. The minimum Gasteiger partial charge on any atom is -0.328 e. The molecule has 0 aromatic carbocycles. The molecule has 0 saturated carbocycles. The van der Waals surface area contributed by atoms with Crippen LogP contribution in [0, 0.1) is 0 Å². The summed E-state index contributed by atoms with van der Waals surface area (Å²) in [6.07, 6.45) is 7.87. The third-order valence-electron chi connectivity index (χ3n) is 3.50. The van der Waals surface area contributed by atoms with Crippen LogP contribution in [0.4, 0.5) is 0 Å². The van der Waals surface area contributed by atoms with Gasteiger partial charge in [0.2, 0.25) is 0 Å². The Bertz CT molecular complexity index is 147. The van der Waals surface area contributed by atoms with Crippen molar-refractivity contribution in [2.24, 2.45) is 5.73 Å². The van der Waals surface area contributed by atoms with Gasteiger partial charge in [0.25, 0.3) is 0 Å². The monoisotopic (exact) mass is 198 g/mol. The van der Waals surface area contributed by atoms with Gasteiger partial charge in [-0.25, -0.2) is 0 Å². The molecule has 2 atom stereocenters. The summed E-state index contributed by atoms with van der Waals surface area (Å²) in [5.74, 6) is 0. The standard InChI is InChI=1S/C12H26N2/c1-3-12(13)8-10-14-9-6-4-5-7-11(14)2/h11-12H,3-10,13H2,1-2H3. The molecule has 1 fully saturated rings. The van der Waals surface area contributed by atoms with Crippen LogP contribution in [0.3, 0.4) is 0 Å². The third-order valence-corrected chi connectivity index (χ3v) is 3.50. The van der Waals surface area contributed by atoms with Crippen LogP contribution in [0.5, 0.6) is 0 Å². The first-order chi connectivity index (χ1) is 6.74. The Morgan fingerprint density at radius 3 is 2.86 bits per heavy atom. The summed E-state index contributed by atoms with van der Waals surface area (Å²) in [4.78, 5) is 2.63. The first-order valence-corrected chi connectivity index (χ1v) is 6.23. The molecule has 2 heteroatoms. The first-order valence-electron chi connectivity index (χ1n) is 6.23. The van der Waals surface area contributed by atoms with Gasteiger partial charge in [-0.1, -0.05) is 19.8 Å². The topological polar surface area (TPSA) is 29.3 Å². The van der Waals surface area contributed by atoms with Crippen LogP contribution in [0.1, 0.15) is 52.4 Å². The summed E-state index contributed by atoms with van der Waals surface area (Å²) >= 11 is 0. The molecule has 1 saturated heterocycles. The highest BCUT2D eigenvalue weighted by Gasteiger charge is 2.16. The number of hydrogen-bond donors (Lipinski definition) is 1. The van der Waals surface area contributed by atoms with E-state index in [1.54, 1.807) is 0 Å². The van der Waals surface area contributed by atoms with Gasteiger partial charge in [0.1, 0.15) is 0 Å². The summed E-state index contributed by atoms with van der Waals surface area (Å²) in [6.45, 7) is 7.03. The fourth-order valence-electron chi connectivity index (χ4n) is 2.20. The average Bonchev–Trinajstić information content (AvgIpc) is 2.39.